The highest BCUT2D eigenvalue weighted by Gasteiger charge is 2.24. The smallest absolute Gasteiger partial charge is 0.185 e. The molecule has 0 saturated carbocycles. The minimum Gasteiger partial charge on any atom is -0.389 e. The third-order valence-electron chi connectivity index (χ3n) is 5.71. The van der Waals surface area contributed by atoms with Gasteiger partial charge >= 0.3 is 0 Å². The molecule has 0 aromatic heterocycles. The first-order valence-electron chi connectivity index (χ1n) is 11.1. The van der Waals surface area contributed by atoms with E-state index in [1.165, 1.54) is 26.0 Å². The van der Waals surface area contributed by atoms with Gasteiger partial charge in [-0.1, -0.05) is 51.5 Å². The molecule has 0 aliphatic heterocycles. The molecule has 2 aromatic rings. The lowest BCUT2D eigenvalue weighted by Gasteiger charge is -2.21. The highest BCUT2D eigenvalue weighted by Crippen LogP contribution is 2.31. The second-order valence-corrected chi connectivity index (χ2v) is 11.4. The minimum absolute atomic E-state index is 0.0554. The van der Waals surface area contributed by atoms with Crippen LogP contribution in [-0.2, 0) is 21.1 Å². The summed E-state index contributed by atoms with van der Waals surface area (Å²) < 4.78 is 26.2. The van der Waals surface area contributed by atoms with Crippen molar-refractivity contribution in [3.8, 4) is 0 Å². The van der Waals surface area contributed by atoms with Crippen LogP contribution in [0, 0.1) is 6.92 Å². The molecule has 6 heteroatoms. The number of aliphatic hydroxyl groups is 2. The van der Waals surface area contributed by atoms with Crippen LogP contribution in [0.1, 0.15) is 99.0 Å². The Morgan fingerprint density at radius 3 is 1.62 bits per heavy atom. The fraction of sp³-hybridized carbons (Fsp3) is 0.500. The fourth-order valence-corrected chi connectivity index (χ4v) is 5.28. The molecular formula is C26H36O5S. The lowest BCUT2D eigenvalue weighted by atomic mass is 9.85. The molecule has 0 aliphatic carbocycles. The van der Waals surface area contributed by atoms with Crippen molar-refractivity contribution in [2.45, 2.75) is 83.8 Å². The number of aliphatic hydroxyl groups excluding tert-OH is 2. The molecule has 0 radical (unpaired) electrons. The second-order valence-electron chi connectivity index (χ2n) is 9.39. The lowest BCUT2D eigenvalue weighted by molar-refractivity contribution is -0.116. The maximum Gasteiger partial charge on any atom is 0.185 e. The summed E-state index contributed by atoms with van der Waals surface area (Å²) in [6.45, 7) is 13.4. The molecule has 0 amide bonds. The van der Waals surface area contributed by atoms with E-state index in [4.69, 9.17) is 0 Å². The molecule has 2 atom stereocenters. The van der Waals surface area contributed by atoms with Gasteiger partial charge in [0.15, 0.2) is 15.6 Å². The van der Waals surface area contributed by atoms with Crippen LogP contribution >= 0.6 is 0 Å². The first kappa shape index (κ1) is 26.2. The number of aryl methyl sites for hydroxylation is 1. The van der Waals surface area contributed by atoms with Crippen molar-refractivity contribution in [3.63, 3.8) is 0 Å². The third kappa shape index (κ3) is 6.27. The molecule has 5 nitrogen and oxygen atoms in total. The molecule has 0 bridgehead atoms. The van der Waals surface area contributed by atoms with Crippen LogP contribution in [0.5, 0.6) is 0 Å². The molecule has 32 heavy (non-hydrogen) atoms. The number of carbonyl (C=O) groups is 1. The van der Waals surface area contributed by atoms with E-state index in [1.54, 1.807) is 6.07 Å². The van der Waals surface area contributed by atoms with Gasteiger partial charge in [0.05, 0.1) is 17.1 Å². The Bertz CT molecular complexity index is 1020. The van der Waals surface area contributed by atoms with Crippen LogP contribution in [0.4, 0.5) is 0 Å². The van der Waals surface area contributed by atoms with Gasteiger partial charge in [-0.15, -0.1) is 0 Å². The first-order chi connectivity index (χ1) is 14.7. The van der Waals surface area contributed by atoms with E-state index in [-0.39, 0.29) is 28.9 Å². The quantitative estimate of drug-likeness (QED) is 0.553. The number of hydrogen-bond donors (Lipinski definition) is 2. The average molecular weight is 461 g/mol. The van der Waals surface area contributed by atoms with Gasteiger partial charge in [-0.05, 0) is 72.6 Å². The van der Waals surface area contributed by atoms with Gasteiger partial charge in [0.25, 0.3) is 0 Å². The zero-order valence-corrected chi connectivity index (χ0v) is 21.0. The number of Topliss-reactive ketones (excluding diaryl/α,β-unsaturated/α-hetero) is 1. The van der Waals surface area contributed by atoms with Crippen LogP contribution in [-0.4, -0.2) is 30.2 Å². The zero-order valence-electron chi connectivity index (χ0n) is 20.1. The Balaban J connectivity index is 2.42. The summed E-state index contributed by atoms with van der Waals surface area (Å²) in [7, 11) is -3.94. The van der Waals surface area contributed by atoms with Gasteiger partial charge in [0, 0.05) is 6.42 Å². The summed E-state index contributed by atoms with van der Waals surface area (Å²) >= 11 is 0. The van der Waals surface area contributed by atoms with Crippen molar-refractivity contribution >= 4 is 15.6 Å². The molecule has 0 fully saturated rings. The van der Waals surface area contributed by atoms with Gasteiger partial charge in [-0.3, -0.25) is 4.79 Å². The van der Waals surface area contributed by atoms with Crippen LogP contribution in [0.2, 0.25) is 0 Å². The van der Waals surface area contributed by atoms with Gasteiger partial charge in [-0.2, -0.15) is 0 Å². The number of rotatable bonds is 9. The fourth-order valence-electron chi connectivity index (χ4n) is 3.96. The molecule has 176 valence electrons. The van der Waals surface area contributed by atoms with Crippen molar-refractivity contribution in [2.24, 2.45) is 0 Å². The molecule has 0 saturated heterocycles. The van der Waals surface area contributed by atoms with Crippen molar-refractivity contribution in [1.82, 2.24) is 0 Å². The highest BCUT2D eigenvalue weighted by molar-refractivity contribution is 7.92. The first-order valence-corrected chi connectivity index (χ1v) is 12.8. The van der Waals surface area contributed by atoms with Crippen LogP contribution in [0.15, 0.2) is 35.2 Å². The molecule has 2 rings (SSSR count). The Kier molecular flexibility index (Phi) is 8.43. The largest absolute Gasteiger partial charge is 0.389 e. The third-order valence-corrected chi connectivity index (χ3v) is 7.36. The van der Waals surface area contributed by atoms with E-state index >= 15 is 0 Å². The number of sulfone groups is 1. The van der Waals surface area contributed by atoms with Crippen LogP contribution < -0.4 is 0 Å². The lowest BCUT2D eigenvalue weighted by Crippen LogP contribution is -2.20. The summed E-state index contributed by atoms with van der Waals surface area (Å²) in [5.41, 5.74) is 4.97. The average Bonchev–Trinajstić information content (AvgIpc) is 2.67. The summed E-state index contributed by atoms with van der Waals surface area (Å²) in [6.07, 6.45) is -1.74. The van der Waals surface area contributed by atoms with Gasteiger partial charge in [0.2, 0.25) is 0 Å². The highest BCUT2D eigenvalue weighted by atomic mass is 32.2. The predicted octanol–water partition coefficient (Wildman–Crippen LogP) is 4.93. The van der Waals surface area contributed by atoms with Crippen molar-refractivity contribution in [1.29, 1.82) is 0 Å². The summed E-state index contributed by atoms with van der Waals surface area (Å²) in [5.74, 6) is -0.580. The number of benzene rings is 2. The molecule has 2 unspecified atom stereocenters. The standard InChI is InChI=1S/C26H36O5S/c1-15(2)24-8-17(5)9-25(16(3)4)26(24)13-22(29)14-32(30,31)23-11-20(18(6)27)10-21(12-23)19(7)28/h8-12,15-16,18-19,27-28H,13-14H2,1-7H3. The number of ketones is 1. The van der Waals surface area contributed by atoms with E-state index in [1.807, 2.05) is 6.92 Å². The second kappa shape index (κ2) is 10.3. The van der Waals surface area contributed by atoms with E-state index in [0.29, 0.717) is 11.1 Å². The Morgan fingerprint density at radius 2 is 1.25 bits per heavy atom. The van der Waals surface area contributed by atoms with Gasteiger partial charge in [0.1, 0.15) is 5.75 Å². The molecular weight excluding hydrogens is 424 g/mol. The minimum atomic E-state index is -3.94. The maximum atomic E-state index is 13.1. The predicted molar refractivity (Wildman–Crippen MR) is 128 cm³/mol. The molecule has 0 aliphatic rings. The summed E-state index contributed by atoms with van der Waals surface area (Å²) in [6, 6.07) is 8.49. The summed E-state index contributed by atoms with van der Waals surface area (Å²) in [4.78, 5) is 12.9. The van der Waals surface area contributed by atoms with E-state index in [2.05, 4.69) is 39.8 Å². The SMILES string of the molecule is Cc1cc(C(C)C)c(CC(=O)CS(=O)(=O)c2cc(C(C)O)cc(C(C)O)c2)c(C(C)C)c1. The normalized spacial score (nSPS) is 14.1. The number of carbonyl (C=O) groups excluding carboxylic acids is 1. The molecule has 2 N–H and O–H groups in total. The zero-order chi connectivity index (χ0) is 24.4. The molecule has 2 aromatic carbocycles. The molecule has 0 heterocycles. The van der Waals surface area contributed by atoms with Crippen LogP contribution in [0.25, 0.3) is 0 Å². The van der Waals surface area contributed by atoms with E-state index in [0.717, 1.165) is 22.3 Å². The van der Waals surface area contributed by atoms with Gasteiger partial charge in [-0.25, -0.2) is 8.42 Å². The maximum absolute atomic E-state index is 13.1. The Hall–Kier alpha value is -2.02. The number of hydrogen-bond acceptors (Lipinski definition) is 5. The van der Waals surface area contributed by atoms with Gasteiger partial charge < -0.3 is 10.2 Å². The van der Waals surface area contributed by atoms with Crippen molar-refractivity contribution in [2.75, 3.05) is 5.75 Å². The van der Waals surface area contributed by atoms with Crippen molar-refractivity contribution in [3.05, 3.63) is 63.7 Å². The monoisotopic (exact) mass is 460 g/mol. The van der Waals surface area contributed by atoms with E-state index in [9.17, 15) is 23.4 Å². The van der Waals surface area contributed by atoms with Crippen molar-refractivity contribution < 1.29 is 23.4 Å². The van der Waals surface area contributed by atoms with E-state index < -0.39 is 27.8 Å². The van der Waals surface area contributed by atoms with Crippen LogP contribution in [0.3, 0.4) is 0 Å². The Labute approximate surface area is 192 Å². The topological polar surface area (TPSA) is 91.7 Å². The Morgan fingerprint density at radius 1 is 0.812 bits per heavy atom. The summed E-state index contributed by atoms with van der Waals surface area (Å²) in [5, 5.41) is 19.9. The molecule has 0 spiro atoms.